The molecular formula is C26H32BNO5S. The van der Waals surface area contributed by atoms with Gasteiger partial charge in [-0.1, -0.05) is 56.3 Å². The number of Topliss-reactive ketones (excluding diaryl/α,β-unsaturated/α-hetero) is 1. The van der Waals surface area contributed by atoms with Gasteiger partial charge in [-0.05, 0) is 68.1 Å². The zero-order chi connectivity index (χ0) is 24.3. The van der Waals surface area contributed by atoms with E-state index in [1.54, 1.807) is 12.1 Å². The van der Waals surface area contributed by atoms with E-state index in [0.717, 1.165) is 18.4 Å². The molecule has 2 bridgehead atoms. The molecule has 6 nitrogen and oxygen atoms in total. The Bertz CT molecular complexity index is 1200. The van der Waals surface area contributed by atoms with Crippen molar-refractivity contribution in [3.05, 3.63) is 65.7 Å². The van der Waals surface area contributed by atoms with Gasteiger partial charge in [0.15, 0.2) is 5.78 Å². The SMILES string of the molecule is CC(=O)c1cccc(S(=O)(=O)N[C@@H](Cc2ccccc2)B2O[C@@H]3C[C@@H]4C[C@@H](C4(C)C)[C@]3(C)O2)c1. The molecule has 8 heteroatoms. The Morgan fingerprint density at radius 3 is 2.53 bits per heavy atom. The third-order valence-corrected chi connectivity index (χ3v) is 9.94. The molecular weight excluding hydrogens is 449 g/mol. The quantitative estimate of drug-likeness (QED) is 0.477. The molecule has 1 saturated heterocycles. The second-order valence-corrected chi connectivity index (χ2v) is 12.6. The maximum atomic E-state index is 13.4. The lowest BCUT2D eigenvalue weighted by Gasteiger charge is -2.64. The van der Waals surface area contributed by atoms with Gasteiger partial charge in [-0.2, -0.15) is 0 Å². The van der Waals surface area contributed by atoms with E-state index in [-0.39, 0.29) is 22.2 Å². The van der Waals surface area contributed by atoms with Crippen LogP contribution in [0.15, 0.2) is 59.5 Å². The maximum Gasteiger partial charge on any atom is 0.477 e. The van der Waals surface area contributed by atoms with Crippen molar-refractivity contribution in [3.8, 4) is 0 Å². The summed E-state index contributed by atoms with van der Waals surface area (Å²) >= 11 is 0. The van der Waals surface area contributed by atoms with Crippen molar-refractivity contribution in [2.75, 3.05) is 0 Å². The van der Waals surface area contributed by atoms with E-state index in [4.69, 9.17) is 9.31 Å². The van der Waals surface area contributed by atoms with E-state index in [2.05, 4.69) is 25.5 Å². The minimum absolute atomic E-state index is 0.0434. The Morgan fingerprint density at radius 2 is 1.85 bits per heavy atom. The van der Waals surface area contributed by atoms with E-state index in [1.165, 1.54) is 19.1 Å². The summed E-state index contributed by atoms with van der Waals surface area (Å²) in [5, 5.41) is 0. The Balaban J connectivity index is 1.44. The second kappa shape index (κ2) is 8.30. The zero-order valence-corrected chi connectivity index (χ0v) is 21.0. The normalized spacial score (nSPS) is 30.4. The third kappa shape index (κ3) is 3.94. The summed E-state index contributed by atoms with van der Waals surface area (Å²) in [6.45, 7) is 8.16. The number of nitrogens with one attached hydrogen (secondary N) is 1. The van der Waals surface area contributed by atoms with Crippen LogP contribution in [0.4, 0.5) is 0 Å². The van der Waals surface area contributed by atoms with Gasteiger partial charge in [-0.25, -0.2) is 13.1 Å². The summed E-state index contributed by atoms with van der Waals surface area (Å²) in [5.41, 5.74) is 1.11. The number of ketones is 1. The van der Waals surface area contributed by atoms with Crippen LogP contribution in [0.3, 0.4) is 0 Å². The molecule has 1 N–H and O–H groups in total. The van der Waals surface area contributed by atoms with Crippen molar-refractivity contribution in [2.45, 2.75) is 69.5 Å². The molecule has 3 saturated carbocycles. The molecule has 3 aliphatic carbocycles. The molecule has 1 heterocycles. The Morgan fingerprint density at radius 1 is 1.12 bits per heavy atom. The first-order chi connectivity index (χ1) is 16.0. The fraction of sp³-hybridized carbons (Fsp3) is 0.500. The first-order valence-corrected chi connectivity index (χ1v) is 13.5. The van der Waals surface area contributed by atoms with Crippen LogP contribution in [-0.2, 0) is 25.8 Å². The average Bonchev–Trinajstić information content (AvgIpc) is 3.16. The second-order valence-electron chi connectivity index (χ2n) is 10.8. The first kappa shape index (κ1) is 23.7. The van der Waals surface area contributed by atoms with E-state index in [0.29, 0.717) is 23.8 Å². The lowest BCUT2D eigenvalue weighted by atomic mass is 9.43. The van der Waals surface area contributed by atoms with E-state index in [9.17, 15) is 13.2 Å². The molecule has 4 aliphatic rings. The highest BCUT2D eigenvalue weighted by atomic mass is 32.2. The van der Waals surface area contributed by atoms with Crippen molar-refractivity contribution in [3.63, 3.8) is 0 Å². The molecule has 34 heavy (non-hydrogen) atoms. The largest absolute Gasteiger partial charge is 0.477 e. The predicted molar refractivity (Wildman–Crippen MR) is 131 cm³/mol. The van der Waals surface area contributed by atoms with Crippen LogP contribution in [0, 0.1) is 17.3 Å². The molecule has 6 rings (SSSR count). The van der Waals surface area contributed by atoms with Gasteiger partial charge in [0.05, 0.1) is 22.5 Å². The van der Waals surface area contributed by atoms with Crippen LogP contribution in [-0.4, -0.2) is 39.0 Å². The first-order valence-electron chi connectivity index (χ1n) is 12.0. The lowest BCUT2D eigenvalue weighted by molar-refractivity contribution is -0.199. The van der Waals surface area contributed by atoms with Crippen LogP contribution in [0.2, 0.25) is 0 Å². The van der Waals surface area contributed by atoms with Gasteiger partial charge in [0.2, 0.25) is 10.0 Å². The van der Waals surface area contributed by atoms with Crippen LogP contribution in [0.5, 0.6) is 0 Å². The molecule has 2 aromatic carbocycles. The summed E-state index contributed by atoms with van der Waals surface area (Å²) < 4.78 is 42.7. The topological polar surface area (TPSA) is 81.7 Å². The molecule has 2 aromatic rings. The average molecular weight is 481 g/mol. The standard InChI is InChI=1S/C26H32BNO5S/c1-17(29)19-11-8-12-21(14-19)34(30,31)28-24(13-18-9-6-5-7-10-18)27-32-23-16-20-15-22(25(20,2)3)26(23,4)33-27/h5-12,14,20,22-24,28H,13,15-16H2,1-4H3/t20-,22-,23+,24-,26-/m0/s1. The molecule has 0 spiro atoms. The third-order valence-electron chi connectivity index (χ3n) is 8.45. The smallest absolute Gasteiger partial charge is 0.404 e. The van der Waals surface area contributed by atoms with Crippen LogP contribution < -0.4 is 4.72 Å². The van der Waals surface area contributed by atoms with Gasteiger partial charge >= 0.3 is 7.12 Å². The predicted octanol–water partition coefficient (Wildman–Crippen LogP) is 4.05. The fourth-order valence-electron chi connectivity index (χ4n) is 6.28. The van der Waals surface area contributed by atoms with Crippen LogP contribution in [0.25, 0.3) is 0 Å². The molecule has 4 fully saturated rings. The Kier molecular flexibility index (Phi) is 5.79. The summed E-state index contributed by atoms with van der Waals surface area (Å²) in [6.07, 6.45) is 2.45. The van der Waals surface area contributed by atoms with E-state index in [1.807, 2.05) is 30.3 Å². The lowest BCUT2D eigenvalue weighted by Crippen LogP contribution is -2.65. The van der Waals surface area contributed by atoms with E-state index >= 15 is 0 Å². The number of hydrogen-bond donors (Lipinski definition) is 1. The number of sulfonamides is 1. The van der Waals surface area contributed by atoms with Gasteiger partial charge in [-0.15, -0.1) is 0 Å². The summed E-state index contributed by atoms with van der Waals surface area (Å²) in [6, 6.07) is 15.9. The van der Waals surface area contributed by atoms with Gasteiger partial charge in [0.1, 0.15) is 0 Å². The van der Waals surface area contributed by atoms with Crippen molar-refractivity contribution in [2.24, 2.45) is 17.3 Å². The molecule has 0 aromatic heterocycles. The summed E-state index contributed by atoms with van der Waals surface area (Å²) in [7, 11) is -4.61. The highest BCUT2D eigenvalue weighted by molar-refractivity contribution is 7.89. The molecule has 0 radical (unpaired) electrons. The fourth-order valence-corrected chi connectivity index (χ4v) is 7.55. The highest BCUT2D eigenvalue weighted by Gasteiger charge is 2.68. The summed E-state index contributed by atoms with van der Waals surface area (Å²) in [5.74, 6) is 0.196. The van der Waals surface area contributed by atoms with Gasteiger partial charge < -0.3 is 9.31 Å². The van der Waals surface area contributed by atoms with E-state index < -0.39 is 28.7 Å². The molecule has 5 atom stereocenters. The minimum Gasteiger partial charge on any atom is -0.404 e. The number of hydrogen-bond acceptors (Lipinski definition) is 5. The number of benzene rings is 2. The van der Waals surface area contributed by atoms with Crippen LogP contribution >= 0.6 is 0 Å². The molecule has 0 amide bonds. The van der Waals surface area contributed by atoms with Crippen LogP contribution in [0.1, 0.15) is 56.5 Å². The minimum atomic E-state index is -3.91. The number of rotatable bonds is 7. The van der Waals surface area contributed by atoms with Crippen molar-refractivity contribution in [1.82, 2.24) is 4.72 Å². The molecule has 0 unspecified atom stereocenters. The Labute approximate surface area is 202 Å². The van der Waals surface area contributed by atoms with Crippen molar-refractivity contribution in [1.29, 1.82) is 0 Å². The Hall–Kier alpha value is -2.00. The molecule has 1 aliphatic heterocycles. The number of carbonyl (C=O) groups excluding carboxylic acids is 1. The van der Waals surface area contributed by atoms with Gasteiger partial charge in [0, 0.05) is 5.56 Å². The number of carbonyl (C=O) groups is 1. The maximum absolute atomic E-state index is 13.4. The van der Waals surface area contributed by atoms with Gasteiger partial charge in [0.25, 0.3) is 0 Å². The molecule has 180 valence electrons. The summed E-state index contributed by atoms with van der Waals surface area (Å²) in [4.78, 5) is 11.9. The zero-order valence-electron chi connectivity index (χ0n) is 20.2. The van der Waals surface area contributed by atoms with Crippen molar-refractivity contribution >= 4 is 22.9 Å². The highest BCUT2D eigenvalue weighted by Crippen LogP contribution is 2.65. The monoisotopic (exact) mass is 481 g/mol. The van der Waals surface area contributed by atoms with Gasteiger partial charge in [-0.3, -0.25) is 4.79 Å². The van der Waals surface area contributed by atoms with Crippen molar-refractivity contribution < 1.29 is 22.5 Å².